The summed E-state index contributed by atoms with van der Waals surface area (Å²) in [7, 11) is 0. The van der Waals surface area contributed by atoms with Crippen molar-refractivity contribution >= 4 is 23.7 Å². The smallest absolute Gasteiger partial charge is 0.407 e. The van der Waals surface area contributed by atoms with Crippen LogP contribution in [0.25, 0.3) is 11.1 Å². The van der Waals surface area contributed by atoms with Gasteiger partial charge < -0.3 is 20.5 Å². The summed E-state index contributed by atoms with van der Waals surface area (Å²) in [5.41, 5.74) is 3.68. The van der Waals surface area contributed by atoms with E-state index in [0.29, 0.717) is 5.69 Å². The number of anilines is 1. The Morgan fingerprint density at radius 3 is 2.29 bits per heavy atom. The van der Waals surface area contributed by atoms with E-state index in [1.165, 1.54) is 30.9 Å². The standard InChI is InChI=1S/C26H28N4O5/c1-16(12-23(31)29-17-13-27-30(14-17)26(2,3)24(32)33)28-25(34)35-15-22-20-10-6-4-8-18(20)19-9-5-7-11-21(19)22/h4-11,13-14,16,22H,12,15H2,1-3H3,(H,28,34)(H,29,31)(H,32,33). The van der Waals surface area contributed by atoms with Gasteiger partial charge in [0, 0.05) is 24.6 Å². The Morgan fingerprint density at radius 1 is 1.09 bits per heavy atom. The largest absolute Gasteiger partial charge is 0.479 e. The Balaban J connectivity index is 1.28. The summed E-state index contributed by atoms with van der Waals surface area (Å²) in [6, 6.07) is 15.7. The van der Waals surface area contributed by atoms with Crippen LogP contribution < -0.4 is 10.6 Å². The molecule has 0 saturated carbocycles. The predicted molar refractivity (Wildman–Crippen MR) is 130 cm³/mol. The number of fused-ring (bicyclic) bond motifs is 3. The average Bonchev–Trinajstić information content (AvgIpc) is 3.40. The van der Waals surface area contributed by atoms with Gasteiger partial charge in [-0.2, -0.15) is 5.10 Å². The number of hydrogen-bond acceptors (Lipinski definition) is 5. The topological polar surface area (TPSA) is 123 Å². The number of hydrogen-bond donors (Lipinski definition) is 3. The normalized spacial score (nSPS) is 13.5. The van der Waals surface area contributed by atoms with Crippen molar-refractivity contribution in [1.82, 2.24) is 15.1 Å². The molecule has 1 aliphatic carbocycles. The van der Waals surface area contributed by atoms with E-state index >= 15 is 0 Å². The number of nitrogens with one attached hydrogen (secondary N) is 2. The predicted octanol–water partition coefficient (Wildman–Crippen LogP) is 3.96. The van der Waals surface area contributed by atoms with E-state index in [1.807, 2.05) is 36.4 Å². The number of carboxylic acid groups (broad SMARTS) is 1. The number of nitrogens with zero attached hydrogens (tertiary/aromatic N) is 2. The quantitative estimate of drug-likeness (QED) is 0.452. The number of ether oxygens (including phenoxy) is 1. The third-order valence-electron chi connectivity index (χ3n) is 6.16. The van der Waals surface area contributed by atoms with Gasteiger partial charge in [0.2, 0.25) is 5.91 Å². The molecular weight excluding hydrogens is 448 g/mol. The van der Waals surface area contributed by atoms with E-state index < -0.39 is 23.6 Å². The summed E-state index contributed by atoms with van der Waals surface area (Å²) in [4.78, 5) is 36.2. The van der Waals surface area contributed by atoms with Crippen LogP contribution in [0.4, 0.5) is 10.5 Å². The molecule has 1 unspecified atom stereocenters. The Bertz CT molecular complexity index is 1220. The first-order chi connectivity index (χ1) is 16.7. The van der Waals surface area contributed by atoms with Gasteiger partial charge in [-0.25, -0.2) is 9.59 Å². The fourth-order valence-electron chi connectivity index (χ4n) is 4.17. The fraction of sp³-hybridized carbons (Fsp3) is 0.308. The van der Waals surface area contributed by atoms with Crippen LogP contribution >= 0.6 is 0 Å². The summed E-state index contributed by atoms with van der Waals surface area (Å²) in [6.07, 6.45) is 2.25. The van der Waals surface area contributed by atoms with Crippen LogP contribution in [-0.2, 0) is 19.9 Å². The van der Waals surface area contributed by atoms with E-state index in [1.54, 1.807) is 6.92 Å². The van der Waals surface area contributed by atoms with Gasteiger partial charge in [-0.15, -0.1) is 0 Å². The molecule has 2 aromatic carbocycles. The number of benzene rings is 2. The number of aromatic nitrogens is 2. The summed E-state index contributed by atoms with van der Waals surface area (Å²) in [5.74, 6) is -1.43. The van der Waals surface area contributed by atoms with Crippen molar-refractivity contribution in [2.75, 3.05) is 11.9 Å². The molecule has 0 aliphatic heterocycles. The molecule has 0 fully saturated rings. The lowest BCUT2D eigenvalue weighted by Gasteiger charge is -2.19. The number of rotatable bonds is 8. The van der Waals surface area contributed by atoms with Crippen LogP contribution in [-0.4, -0.2) is 45.5 Å². The molecule has 0 bridgehead atoms. The van der Waals surface area contributed by atoms with Gasteiger partial charge in [0.1, 0.15) is 6.61 Å². The SMILES string of the molecule is CC(CC(=O)Nc1cnn(C(C)(C)C(=O)O)c1)NC(=O)OCC1c2ccccc2-c2ccccc21. The van der Waals surface area contributed by atoms with Crippen molar-refractivity contribution < 1.29 is 24.2 Å². The molecule has 3 N–H and O–H groups in total. The molecule has 0 saturated heterocycles. The van der Waals surface area contributed by atoms with Crippen molar-refractivity contribution in [1.29, 1.82) is 0 Å². The second kappa shape index (κ2) is 9.61. The number of aliphatic carboxylic acids is 1. The second-order valence-electron chi connectivity index (χ2n) is 9.16. The zero-order valence-electron chi connectivity index (χ0n) is 19.8. The summed E-state index contributed by atoms with van der Waals surface area (Å²) < 4.78 is 6.79. The van der Waals surface area contributed by atoms with E-state index in [2.05, 4.69) is 27.9 Å². The maximum absolute atomic E-state index is 12.4. The second-order valence-corrected chi connectivity index (χ2v) is 9.16. The molecule has 1 aromatic heterocycles. The molecule has 9 heteroatoms. The average molecular weight is 477 g/mol. The molecular formula is C26H28N4O5. The molecule has 2 amide bonds. The third-order valence-corrected chi connectivity index (χ3v) is 6.16. The van der Waals surface area contributed by atoms with Gasteiger partial charge in [-0.1, -0.05) is 48.5 Å². The minimum Gasteiger partial charge on any atom is -0.479 e. The first-order valence-electron chi connectivity index (χ1n) is 11.4. The van der Waals surface area contributed by atoms with Crippen molar-refractivity contribution in [2.45, 2.75) is 44.7 Å². The zero-order valence-corrected chi connectivity index (χ0v) is 19.8. The number of carbonyl (C=O) groups excluding carboxylic acids is 2. The van der Waals surface area contributed by atoms with Gasteiger partial charge in [0.15, 0.2) is 5.54 Å². The lowest BCUT2D eigenvalue weighted by molar-refractivity contribution is -0.146. The van der Waals surface area contributed by atoms with Gasteiger partial charge in [-0.05, 0) is 43.0 Å². The molecule has 35 heavy (non-hydrogen) atoms. The van der Waals surface area contributed by atoms with Crippen molar-refractivity contribution in [2.24, 2.45) is 0 Å². The number of carbonyl (C=O) groups is 3. The number of alkyl carbamates (subject to hydrolysis) is 1. The van der Waals surface area contributed by atoms with Crippen molar-refractivity contribution in [3.8, 4) is 11.1 Å². The Kier molecular flexibility index (Phi) is 6.59. The monoisotopic (exact) mass is 476 g/mol. The van der Waals surface area contributed by atoms with Crippen LogP contribution in [0.1, 0.15) is 44.2 Å². The van der Waals surface area contributed by atoms with E-state index in [0.717, 1.165) is 22.3 Å². The lowest BCUT2D eigenvalue weighted by atomic mass is 9.98. The molecule has 1 heterocycles. The lowest BCUT2D eigenvalue weighted by Crippen LogP contribution is -2.36. The highest BCUT2D eigenvalue weighted by atomic mass is 16.5. The van der Waals surface area contributed by atoms with Crippen molar-refractivity contribution in [3.05, 3.63) is 72.1 Å². The Morgan fingerprint density at radius 2 is 1.69 bits per heavy atom. The van der Waals surface area contributed by atoms with Crippen LogP contribution in [0.15, 0.2) is 60.9 Å². The zero-order chi connectivity index (χ0) is 25.2. The molecule has 3 aromatic rings. The third kappa shape index (κ3) is 5.03. The first-order valence-corrected chi connectivity index (χ1v) is 11.4. The Labute approximate surface area is 203 Å². The molecule has 4 rings (SSSR count). The molecule has 1 aliphatic rings. The summed E-state index contributed by atoms with van der Waals surface area (Å²) >= 11 is 0. The highest BCUT2D eigenvalue weighted by Gasteiger charge is 2.31. The van der Waals surface area contributed by atoms with Crippen LogP contribution in [0.5, 0.6) is 0 Å². The first kappa shape index (κ1) is 24.0. The molecule has 182 valence electrons. The highest BCUT2D eigenvalue weighted by molar-refractivity contribution is 5.91. The number of amides is 2. The minimum atomic E-state index is -1.25. The molecule has 0 spiro atoms. The molecule has 0 radical (unpaired) electrons. The summed E-state index contributed by atoms with van der Waals surface area (Å²) in [6.45, 7) is 4.91. The molecule has 9 nitrogen and oxygen atoms in total. The van der Waals surface area contributed by atoms with Crippen LogP contribution in [0.2, 0.25) is 0 Å². The maximum atomic E-state index is 12.4. The Hall–Kier alpha value is -4.14. The van der Waals surface area contributed by atoms with Gasteiger partial charge >= 0.3 is 12.1 Å². The fourth-order valence-corrected chi connectivity index (χ4v) is 4.17. The van der Waals surface area contributed by atoms with E-state index in [4.69, 9.17) is 4.74 Å². The highest BCUT2D eigenvalue weighted by Crippen LogP contribution is 2.44. The van der Waals surface area contributed by atoms with Crippen LogP contribution in [0.3, 0.4) is 0 Å². The van der Waals surface area contributed by atoms with Gasteiger partial charge in [0.25, 0.3) is 0 Å². The van der Waals surface area contributed by atoms with Gasteiger partial charge in [0.05, 0.1) is 11.9 Å². The van der Waals surface area contributed by atoms with Crippen molar-refractivity contribution in [3.63, 3.8) is 0 Å². The van der Waals surface area contributed by atoms with E-state index in [-0.39, 0.29) is 24.9 Å². The molecule has 1 atom stereocenters. The van der Waals surface area contributed by atoms with Gasteiger partial charge in [-0.3, -0.25) is 9.48 Å². The minimum absolute atomic E-state index is 0.0116. The van der Waals surface area contributed by atoms with E-state index in [9.17, 15) is 19.5 Å². The summed E-state index contributed by atoms with van der Waals surface area (Å²) in [5, 5.41) is 18.7. The van der Waals surface area contributed by atoms with Crippen LogP contribution in [0, 0.1) is 0 Å². The number of carboxylic acids is 1. The maximum Gasteiger partial charge on any atom is 0.407 e.